The van der Waals surface area contributed by atoms with Gasteiger partial charge in [-0.2, -0.15) is 0 Å². The van der Waals surface area contributed by atoms with Crippen LogP contribution in [0.1, 0.15) is 35.8 Å². The maximum Gasteiger partial charge on any atom is 0.257 e. The molecule has 3 rings (SSSR count). The van der Waals surface area contributed by atoms with E-state index in [1.807, 2.05) is 28.8 Å². The monoisotopic (exact) mass is 309 g/mol. The van der Waals surface area contributed by atoms with Crippen LogP contribution in [0.4, 0.5) is 5.95 Å². The molecule has 3 aromatic rings. The summed E-state index contributed by atoms with van der Waals surface area (Å²) in [6, 6.07) is 14.9. The van der Waals surface area contributed by atoms with Gasteiger partial charge in [0, 0.05) is 11.6 Å². The number of imidazole rings is 1. The molecule has 0 fully saturated rings. The summed E-state index contributed by atoms with van der Waals surface area (Å²) in [6.07, 6.45) is 0. The Balaban J connectivity index is 1.93. The molecule has 118 valence electrons. The van der Waals surface area contributed by atoms with E-state index in [4.69, 9.17) is 5.11 Å². The number of benzene rings is 2. The van der Waals surface area contributed by atoms with Crippen molar-refractivity contribution >= 4 is 22.9 Å². The zero-order valence-corrected chi connectivity index (χ0v) is 13.2. The number of anilines is 1. The molecule has 0 aliphatic heterocycles. The van der Waals surface area contributed by atoms with Crippen molar-refractivity contribution in [2.75, 3.05) is 5.32 Å². The minimum atomic E-state index is -0.216. The van der Waals surface area contributed by atoms with Gasteiger partial charge in [0.05, 0.1) is 17.6 Å². The minimum Gasteiger partial charge on any atom is -0.392 e. The number of rotatable bonds is 4. The summed E-state index contributed by atoms with van der Waals surface area (Å²) in [5, 5.41) is 12.0. The molecule has 2 aromatic carbocycles. The second kappa shape index (κ2) is 6.22. The average molecular weight is 309 g/mol. The molecule has 5 nitrogen and oxygen atoms in total. The number of aliphatic hydroxyl groups is 1. The normalized spacial score (nSPS) is 11.1. The molecule has 0 aliphatic rings. The lowest BCUT2D eigenvalue weighted by Gasteiger charge is -2.13. The van der Waals surface area contributed by atoms with Crippen LogP contribution in [0.5, 0.6) is 0 Å². The fourth-order valence-electron chi connectivity index (χ4n) is 2.59. The molecule has 0 bridgehead atoms. The molecule has 1 amide bonds. The van der Waals surface area contributed by atoms with E-state index in [0.717, 1.165) is 16.6 Å². The fourth-order valence-corrected chi connectivity index (χ4v) is 2.59. The van der Waals surface area contributed by atoms with Gasteiger partial charge in [0.25, 0.3) is 5.91 Å². The zero-order chi connectivity index (χ0) is 16.4. The van der Waals surface area contributed by atoms with E-state index in [-0.39, 0.29) is 18.6 Å². The molecule has 1 heterocycles. The summed E-state index contributed by atoms with van der Waals surface area (Å²) in [5.41, 5.74) is 3.15. The first-order valence-corrected chi connectivity index (χ1v) is 7.58. The molecule has 1 aromatic heterocycles. The van der Waals surface area contributed by atoms with Crippen molar-refractivity contribution < 1.29 is 9.90 Å². The lowest BCUT2D eigenvalue weighted by atomic mass is 10.1. The van der Waals surface area contributed by atoms with Gasteiger partial charge in [-0.25, -0.2) is 4.98 Å². The molecule has 0 atom stereocenters. The summed E-state index contributed by atoms with van der Waals surface area (Å²) in [5.74, 6) is 0.323. The number of aromatic nitrogens is 2. The van der Waals surface area contributed by atoms with Gasteiger partial charge in [0.2, 0.25) is 5.95 Å². The maximum absolute atomic E-state index is 12.4. The van der Waals surface area contributed by atoms with Crippen LogP contribution in [0.3, 0.4) is 0 Å². The number of nitrogens with zero attached hydrogens (tertiary/aromatic N) is 2. The molecular weight excluding hydrogens is 290 g/mol. The Morgan fingerprint density at radius 1 is 1.17 bits per heavy atom. The number of para-hydroxylation sites is 2. The maximum atomic E-state index is 12.4. The van der Waals surface area contributed by atoms with E-state index in [1.54, 1.807) is 24.3 Å². The molecule has 0 aliphatic carbocycles. The van der Waals surface area contributed by atoms with E-state index in [1.165, 1.54) is 0 Å². The molecule has 0 saturated carbocycles. The average Bonchev–Trinajstić information content (AvgIpc) is 2.92. The van der Waals surface area contributed by atoms with Gasteiger partial charge < -0.3 is 9.67 Å². The predicted molar refractivity (Wildman–Crippen MR) is 90.4 cm³/mol. The molecule has 2 N–H and O–H groups in total. The van der Waals surface area contributed by atoms with E-state index in [0.29, 0.717) is 11.5 Å². The van der Waals surface area contributed by atoms with Crippen LogP contribution < -0.4 is 5.32 Å². The van der Waals surface area contributed by atoms with Crippen LogP contribution in [0, 0.1) is 0 Å². The lowest BCUT2D eigenvalue weighted by Crippen LogP contribution is -2.16. The predicted octanol–water partition coefficient (Wildman–Crippen LogP) is 3.36. The Bertz CT molecular complexity index is 835. The van der Waals surface area contributed by atoms with E-state index in [9.17, 15) is 4.79 Å². The molecule has 0 spiro atoms. The highest BCUT2D eigenvalue weighted by Crippen LogP contribution is 2.24. The summed E-state index contributed by atoms with van der Waals surface area (Å²) < 4.78 is 2.01. The number of carbonyl (C=O) groups is 1. The quantitative estimate of drug-likeness (QED) is 0.776. The first-order valence-electron chi connectivity index (χ1n) is 7.58. The van der Waals surface area contributed by atoms with Gasteiger partial charge in [-0.3, -0.25) is 10.1 Å². The Labute approximate surface area is 134 Å². The number of aliphatic hydroxyl groups excluding tert-OH is 1. The topological polar surface area (TPSA) is 67.2 Å². The van der Waals surface area contributed by atoms with Crippen LogP contribution in [0.25, 0.3) is 11.0 Å². The van der Waals surface area contributed by atoms with Crippen molar-refractivity contribution in [1.29, 1.82) is 0 Å². The zero-order valence-electron chi connectivity index (χ0n) is 13.2. The fraction of sp³-hybridized carbons (Fsp3) is 0.222. The first-order chi connectivity index (χ1) is 11.1. The Hall–Kier alpha value is -2.66. The number of hydrogen-bond donors (Lipinski definition) is 2. The largest absolute Gasteiger partial charge is 0.392 e. The number of fused-ring (bicyclic) bond motifs is 1. The lowest BCUT2D eigenvalue weighted by molar-refractivity contribution is 0.102. The highest BCUT2D eigenvalue weighted by atomic mass is 16.3. The molecule has 23 heavy (non-hydrogen) atoms. The second-order valence-corrected chi connectivity index (χ2v) is 5.70. The molecule has 0 unspecified atom stereocenters. The molecule has 0 saturated heterocycles. The van der Waals surface area contributed by atoms with Crippen LogP contribution in [-0.4, -0.2) is 20.6 Å². The second-order valence-electron chi connectivity index (χ2n) is 5.70. The van der Waals surface area contributed by atoms with E-state index in [2.05, 4.69) is 24.1 Å². The van der Waals surface area contributed by atoms with Crippen molar-refractivity contribution in [3.63, 3.8) is 0 Å². The number of nitrogens with one attached hydrogen (secondary N) is 1. The number of hydrogen-bond acceptors (Lipinski definition) is 3. The number of amides is 1. The third kappa shape index (κ3) is 2.96. The Morgan fingerprint density at radius 3 is 2.52 bits per heavy atom. The number of carbonyl (C=O) groups excluding carboxylic acids is 1. The smallest absolute Gasteiger partial charge is 0.257 e. The van der Waals surface area contributed by atoms with Crippen molar-refractivity contribution in [3.05, 3.63) is 59.7 Å². The molecule has 5 heteroatoms. The van der Waals surface area contributed by atoms with Gasteiger partial charge in [-0.05, 0) is 43.7 Å². The molecular formula is C18H19N3O2. The third-order valence-electron chi connectivity index (χ3n) is 3.74. The van der Waals surface area contributed by atoms with Gasteiger partial charge in [0.15, 0.2) is 0 Å². The van der Waals surface area contributed by atoms with Crippen LogP contribution >= 0.6 is 0 Å². The van der Waals surface area contributed by atoms with Crippen molar-refractivity contribution in [3.8, 4) is 0 Å². The van der Waals surface area contributed by atoms with Crippen molar-refractivity contribution in [1.82, 2.24) is 9.55 Å². The highest BCUT2D eigenvalue weighted by molar-refractivity contribution is 6.04. The summed E-state index contributed by atoms with van der Waals surface area (Å²) in [7, 11) is 0. The molecule has 0 radical (unpaired) electrons. The SMILES string of the molecule is CC(C)n1c(NC(=O)c2ccc(CO)cc2)nc2ccccc21. The van der Waals surface area contributed by atoms with E-state index >= 15 is 0 Å². The third-order valence-corrected chi connectivity index (χ3v) is 3.74. The first kappa shape index (κ1) is 15.2. The van der Waals surface area contributed by atoms with Crippen LogP contribution in [0.2, 0.25) is 0 Å². The van der Waals surface area contributed by atoms with Crippen LogP contribution in [0.15, 0.2) is 48.5 Å². The summed E-state index contributed by atoms with van der Waals surface area (Å²) in [4.78, 5) is 17.0. The van der Waals surface area contributed by atoms with Gasteiger partial charge in [0.1, 0.15) is 0 Å². The van der Waals surface area contributed by atoms with Crippen LogP contribution in [-0.2, 0) is 6.61 Å². The van der Waals surface area contributed by atoms with Crippen molar-refractivity contribution in [2.45, 2.75) is 26.5 Å². The minimum absolute atomic E-state index is 0.0367. The van der Waals surface area contributed by atoms with Gasteiger partial charge in [-0.1, -0.05) is 24.3 Å². The highest BCUT2D eigenvalue weighted by Gasteiger charge is 2.16. The Morgan fingerprint density at radius 2 is 1.87 bits per heavy atom. The van der Waals surface area contributed by atoms with Crippen molar-refractivity contribution in [2.24, 2.45) is 0 Å². The standard InChI is InChI=1S/C18H19N3O2/c1-12(2)21-16-6-4-3-5-15(16)19-18(21)20-17(23)14-9-7-13(11-22)8-10-14/h3-10,12,22H,11H2,1-2H3,(H,19,20,23). The van der Waals surface area contributed by atoms with E-state index < -0.39 is 0 Å². The Kier molecular flexibility index (Phi) is 4.12. The van der Waals surface area contributed by atoms with Gasteiger partial charge >= 0.3 is 0 Å². The summed E-state index contributed by atoms with van der Waals surface area (Å²) >= 11 is 0. The summed E-state index contributed by atoms with van der Waals surface area (Å²) in [6.45, 7) is 4.07. The van der Waals surface area contributed by atoms with Gasteiger partial charge in [-0.15, -0.1) is 0 Å².